The normalized spacial score (nSPS) is 19.9. The van der Waals surface area contributed by atoms with E-state index >= 15 is 0 Å². The Morgan fingerprint density at radius 1 is 1.11 bits per heavy atom. The Morgan fingerprint density at radius 2 is 1.85 bits per heavy atom. The molecule has 0 aliphatic carbocycles. The van der Waals surface area contributed by atoms with Gasteiger partial charge in [-0.25, -0.2) is 9.97 Å². The quantitative estimate of drug-likeness (QED) is 0.804. The van der Waals surface area contributed by atoms with Crippen molar-refractivity contribution in [1.82, 2.24) is 14.9 Å². The first-order valence-electron chi connectivity index (χ1n) is 9.45. The summed E-state index contributed by atoms with van der Waals surface area (Å²) in [6.07, 6.45) is 5.82. The Morgan fingerprint density at radius 3 is 2.52 bits per heavy atom. The number of carbonyl (C=O) groups is 1. The molecule has 1 unspecified atom stereocenters. The van der Waals surface area contributed by atoms with Crippen LogP contribution in [0.2, 0.25) is 0 Å². The second kappa shape index (κ2) is 8.35. The summed E-state index contributed by atoms with van der Waals surface area (Å²) in [4.78, 5) is 25.3. The van der Waals surface area contributed by atoms with Gasteiger partial charge < -0.3 is 19.3 Å². The van der Waals surface area contributed by atoms with E-state index in [1.54, 1.807) is 18.5 Å². The summed E-state index contributed by atoms with van der Waals surface area (Å²) in [7, 11) is 0. The van der Waals surface area contributed by atoms with Gasteiger partial charge in [-0.1, -0.05) is 0 Å². The first-order valence-corrected chi connectivity index (χ1v) is 9.45. The number of carbonyl (C=O) groups excluding carboxylic acids is 1. The first kappa shape index (κ1) is 17.7. The van der Waals surface area contributed by atoms with Gasteiger partial charge in [-0.3, -0.25) is 4.79 Å². The number of hydrogen-bond acceptors (Lipinski definition) is 6. The average Bonchev–Trinajstić information content (AvgIpc) is 3.27. The van der Waals surface area contributed by atoms with Crippen LogP contribution in [-0.2, 0) is 4.74 Å². The Balaban J connectivity index is 1.29. The van der Waals surface area contributed by atoms with Crippen molar-refractivity contribution in [2.24, 2.45) is 0 Å². The Labute approximate surface area is 158 Å². The van der Waals surface area contributed by atoms with Crippen LogP contribution in [0.1, 0.15) is 23.2 Å². The van der Waals surface area contributed by atoms with Gasteiger partial charge in [-0.15, -0.1) is 0 Å². The van der Waals surface area contributed by atoms with E-state index in [1.807, 2.05) is 29.2 Å². The third-order valence-electron chi connectivity index (χ3n) is 4.96. The topological polar surface area (TPSA) is 67.8 Å². The van der Waals surface area contributed by atoms with Gasteiger partial charge in [0.25, 0.3) is 5.91 Å². The van der Waals surface area contributed by atoms with E-state index in [9.17, 15) is 4.79 Å². The second-order valence-electron chi connectivity index (χ2n) is 6.80. The van der Waals surface area contributed by atoms with Gasteiger partial charge in [-0.2, -0.15) is 0 Å². The number of nitrogens with zero attached hydrogens (tertiary/aromatic N) is 4. The number of ether oxygens (including phenoxy) is 2. The van der Waals surface area contributed by atoms with E-state index in [-0.39, 0.29) is 12.0 Å². The van der Waals surface area contributed by atoms with E-state index < -0.39 is 0 Å². The van der Waals surface area contributed by atoms with Crippen molar-refractivity contribution in [1.29, 1.82) is 0 Å². The summed E-state index contributed by atoms with van der Waals surface area (Å²) in [5.41, 5.74) is 0.684. The van der Waals surface area contributed by atoms with Gasteiger partial charge in [0, 0.05) is 50.7 Å². The Hall–Kier alpha value is -2.67. The fraction of sp³-hybridized carbons (Fsp3) is 0.450. The molecule has 142 valence electrons. The molecule has 1 atom stereocenters. The molecule has 4 rings (SSSR count). The zero-order chi connectivity index (χ0) is 18.5. The van der Waals surface area contributed by atoms with Crippen LogP contribution in [0.5, 0.6) is 5.75 Å². The van der Waals surface area contributed by atoms with Gasteiger partial charge >= 0.3 is 0 Å². The van der Waals surface area contributed by atoms with Crippen molar-refractivity contribution in [3.63, 3.8) is 0 Å². The van der Waals surface area contributed by atoms with Crippen LogP contribution >= 0.6 is 0 Å². The number of piperazine rings is 1. The van der Waals surface area contributed by atoms with E-state index in [1.165, 1.54) is 0 Å². The highest BCUT2D eigenvalue weighted by molar-refractivity contribution is 5.94. The van der Waals surface area contributed by atoms with Crippen LogP contribution in [0.15, 0.2) is 42.7 Å². The maximum Gasteiger partial charge on any atom is 0.253 e. The largest absolute Gasteiger partial charge is 0.491 e. The third kappa shape index (κ3) is 4.36. The maximum atomic E-state index is 12.7. The van der Waals surface area contributed by atoms with Crippen molar-refractivity contribution >= 4 is 11.9 Å². The van der Waals surface area contributed by atoms with Crippen molar-refractivity contribution in [2.45, 2.75) is 18.9 Å². The smallest absolute Gasteiger partial charge is 0.253 e. The minimum absolute atomic E-state index is 0.0503. The van der Waals surface area contributed by atoms with E-state index in [2.05, 4.69) is 14.9 Å². The first-order chi connectivity index (χ1) is 13.3. The third-order valence-corrected chi connectivity index (χ3v) is 4.96. The van der Waals surface area contributed by atoms with Gasteiger partial charge in [0.1, 0.15) is 12.4 Å². The Kier molecular flexibility index (Phi) is 5.48. The van der Waals surface area contributed by atoms with Crippen LogP contribution in [0, 0.1) is 0 Å². The number of rotatable bonds is 5. The fourth-order valence-corrected chi connectivity index (χ4v) is 3.41. The zero-order valence-electron chi connectivity index (χ0n) is 15.3. The lowest BCUT2D eigenvalue weighted by atomic mass is 10.1. The SMILES string of the molecule is O=C(c1ccc(OCC2CCCO2)cc1)N1CCN(c2ncccn2)CC1. The van der Waals surface area contributed by atoms with Gasteiger partial charge in [-0.05, 0) is 43.2 Å². The second-order valence-corrected chi connectivity index (χ2v) is 6.80. The summed E-state index contributed by atoms with van der Waals surface area (Å²) in [6.45, 7) is 4.18. The molecule has 3 heterocycles. The molecule has 1 amide bonds. The van der Waals surface area contributed by atoms with Crippen LogP contribution in [0.3, 0.4) is 0 Å². The predicted octanol–water partition coefficient (Wildman–Crippen LogP) is 2.00. The maximum absolute atomic E-state index is 12.7. The lowest BCUT2D eigenvalue weighted by molar-refractivity contribution is 0.0678. The summed E-state index contributed by atoms with van der Waals surface area (Å²) < 4.78 is 11.3. The minimum atomic E-state index is 0.0503. The molecule has 2 saturated heterocycles. The minimum Gasteiger partial charge on any atom is -0.491 e. The molecule has 2 aliphatic heterocycles. The lowest BCUT2D eigenvalue weighted by Gasteiger charge is -2.34. The molecule has 1 aromatic carbocycles. The summed E-state index contributed by atoms with van der Waals surface area (Å²) >= 11 is 0. The molecule has 2 fully saturated rings. The number of hydrogen-bond donors (Lipinski definition) is 0. The van der Waals surface area contributed by atoms with E-state index in [0.29, 0.717) is 25.3 Å². The number of aromatic nitrogens is 2. The molecule has 7 nitrogen and oxygen atoms in total. The number of anilines is 1. The molecule has 0 spiro atoms. The van der Waals surface area contributed by atoms with Crippen LogP contribution in [0.25, 0.3) is 0 Å². The molecule has 0 saturated carbocycles. The summed E-state index contributed by atoms with van der Waals surface area (Å²) in [6, 6.07) is 9.18. The van der Waals surface area contributed by atoms with Gasteiger partial charge in [0.2, 0.25) is 5.95 Å². The molecular weight excluding hydrogens is 344 g/mol. The molecule has 0 radical (unpaired) electrons. The molecule has 0 N–H and O–H groups in total. The molecule has 0 bridgehead atoms. The average molecular weight is 368 g/mol. The highest BCUT2D eigenvalue weighted by atomic mass is 16.5. The molecule has 2 aliphatic rings. The predicted molar refractivity (Wildman–Crippen MR) is 101 cm³/mol. The number of benzene rings is 1. The lowest BCUT2D eigenvalue weighted by Crippen LogP contribution is -2.49. The van der Waals surface area contributed by atoms with Crippen LogP contribution in [0.4, 0.5) is 5.95 Å². The highest BCUT2D eigenvalue weighted by Gasteiger charge is 2.23. The standard InChI is InChI=1S/C20H24N4O3/c25-19(23-10-12-24(13-11-23)20-21-8-2-9-22-20)16-4-6-17(7-5-16)27-15-18-3-1-14-26-18/h2,4-9,18H,1,3,10-15H2. The zero-order valence-corrected chi connectivity index (χ0v) is 15.3. The van der Waals surface area contributed by atoms with E-state index in [0.717, 1.165) is 44.2 Å². The fourth-order valence-electron chi connectivity index (χ4n) is 3.41. The van der Waals surface area contributed by atoms with E-state index in [4.69, 9.17) is 9.47 Å². The molecule has 2 aromatic rings. The van der Waals surface area contributed by atoms with Crippen molar-refractivity contribution < 1.29 is 14.3 Å². The van der Waals surface area contributed by atoms with Gasteiger partial charge in [0.05, 0.1) is 6.10 Å². The monoisotopic (exact) mass is 368 g/mol. The highest BCUT2D eigenvalue weighted by Crippen LogP contribution is 2.18. The van der Waals surface area contributed by atoms with Crippen LogP contribution in [-0.4, -0.2) is 66.3 Å². The summed E-state index contributed by atoms with van der Waals surface area (Å²) in [5.74, 6) is 1.54. The molecule has 27 heavy (non-hydrogen) atoms. The van der Waals surface area contributed by atoms with Crippen LogP contribution < -0.4 is 9.64 Å². The molecule has 1 aromatic heterocycles. The van der Waals surface area contributed by atoms with Crippen molar-refractivity contribution in [3.05, 3.63) is 48.3 Å². The molecular formula is C20H24N4O3. The van der Waals surface area contributed by atoms with Crippen molar-refractivity contribution in [2.75, 3.05) is 44.3 Å². The Bertz CT molecular complexity index is 740. The van der Waals surface area contributed by atoms with Crippen molar-refractivity contribution in [3.8, 4) is 5.75 Å². The van der Waals surface area contributed by atoms with Gasteiger partial charge in [0.15, 0.2) is 0 Å². The molecule has 7 heteroatoms. The summed E-state index contributed by atoms with van der Waals surface area (Å²) in [5, 5.41) is 0. The number of amides is 1.